The molecule has 0 atom stereocenters. The maximum Gasteiger partial charge on any atom is 0.410 e. The smallest absolute Gasteiger partial charge is 0.410 e. The van der Waals surface area contributed by atoms with E-state index in [1.54, 1.807) is 7.11 Å². The molecule has 168 valence electrons. The average Bonchev–Trinajstić information content (AvgIpc) is 2.73. The minimum absolute atomic E-state index is 0.205. The number of hydrogen-bond acceptors (Lipinski definition) is 5. The maximum absolute atomic E-state index is 12.3. The van der Waals surface area contributed by atoms with Gasteiger partial charge in [-0.2, -0.15) is 0 Å². The molecule has 2 saturated heterocycles. The summed E-state index contributed by atoms with van der Waals surface area (Å²) in [7, 11) is 1.76. The first-order valence-electron chi connectivity index (χ1n) is 11.3. The molecule has 1 amide bonds. The summed E-state index contributed by atoms with van der Waals surface area (Å²) in [4.78, 5) is 16.6. The third-order valence-corrected chi connectivity index (χ3v) is 5.93. The summed E-state index contributed by atoms with van der Waals surface area (Å²) in [5.74, 6) is 1.40. The average molecular weight is 419 g/mol. The van der Waals surface area contributed by atoms with Crippen LogP contribution in [0.3, 0.4) is 0 Å². The molecular formula is C24H38N2O4. The Balaban J connectivity index is 1.52. The van der Waals surface area contributed by atoms with E-state index in [1.165, 1.54) is 11.1 Å². The lowest BCUT2D eigenvalue weighted by molar-refractivity contribution is 0.0204. The van der Waals surface area contributed by atoms with Crippen molar-refractivity contribution in [1.29, 1.82) is 0 Å². The fourth-order valence-electron chi connectivity index (χ4n) is 4.28. The third-order valence-electron chi connectivity index (χ3n) is 5.93. The molecule has 0 bridgehead atoms. The molecule has 0 radical (unpaired) electrons. The summed E-state index contributed by atoms with van der Waals surface area (Å²) in [6.45, 7) is 12.1. The standard InChI is InChI=1S/C24H38N2O4/c1-24(2,3)30-23(27)26-12-9-20(10-13-26)21-8-7-19(18-22(21)28-4)6-5-11-25-14-16-29-17-15-25/h7-8,18,20H,5-6,9-17H2,1-4H3. The fraction of sp³-hybridized carbons (Fsp3) is 0.708. The zero-order valence-electron chi connectivity index (χ0n) is 19.1. The predicted octanol–water partition coefficient (Wildman–Crippen LogP) is 4.07. The lowest BCUT2D eigenvalue weighted by atomic mass is 9.88. The summed E-state index contributed by atoms with van der Waals surface area (Å²) in [6, 6.07) is 6.68. The van der Waals surface area contributed by atoms with Gasteiger partial charge in [-0.15, -0.1) is 0 Å². The van der Waals surface area contributed by atoms with Crippen molar-refractivity contribution in [2.45, 2.75) is 58.0 Å². The fourth-order valence-corrected chi connectivity index (χ4v) is 4.28. The molecule has 6 nitrogen and oxygen atoms in total. The molecule has 6 heteroatoms. The first-order chi connectivity index (χ1) is 14.4. The zero-order chi connectivity index (χ0) is 21.6. The monoisotopic (exact) mass is 418 g/mol. The van der Waals surface area contributed by atoms with Crippen LogP contribution in [0.4, 0.5) is 4.79 Å². The van der Waals surface area contributed by atoms with Crippen LogP contribution in [0.2, 0.25) is 0 Å². The Morgan fingerprint density at radius 1 is 1.13 bits per heavy atom. The summed E-state index contributed by atoms with van der Waals surface area (Å²) < 4.78 is 16.7. The molecule has 0 saturated carbocycles. The van der Waals surface area contributed by atoms with Gasteiger partial charge < -0.3 is 19.1 Å². The van der Waals surface area contributed by atoms with Crippen LogP contribution in [-0.2, 0) is 15.9 Å². The van der Waals surface area contributed by atoms with Crippen molar-refractivity contribution in [1.82, 2.24) is 9.80 Å². The number of amides is 1. The summed E-state index contributed by atoms with van der Waals surface area (Å²) >= 11 is 0. The first kappa shape index (κ1) is 22.9. The molecular weight excluding hydrogens is 380 g/mol. The molecule has 1 aromatic rings. The number of aryl methyl sites for hydroxylation is 1. The number of ether oxygens (including phenoxy) is 3. The van der Waals surface area contributed by atoms with E-state index in [9.17, 15) is 4.79 Å². The molecule has 2 aliphatic rings. The molecule has 0 unspecified atom stereocenters. The normalized spacial score (nSPS) is 19.0. The van der Waals surface area contributed by atoms with Crippen LogP contribution in [0.15, 0.2) is 18.2 Å². The van der Waals surface area contributed by atoms with Crippen LogP contribution in [-0.4, -0.2) is 74.5 Å². The van der Waals surface area contributed by atoms with Gasteiger partial charge in [-0.25, -0.2) is 4.79 Å². The van der Waals surface area contributed by atoms with E-state index in [4.69, 9.17) is 14.2 Å². The van der Waals surface area contributed by atoms with Crippen molar-refractivity contribution >= 4 is 6.09 Å². The minimum Gasteiger partial charge on any atom is -0.496 e. The molecule has 2 fully saturated rings. The number of carbonyl (C=O) groups is 1. The van der Waals surface area contributed by atoms with Gasteiger partial charge in [0.05, 0.1) is 20.3 Å². The maximum atomic E-state index is 12.3. The second-order valence-electron chi connectivity index (χ2n) is 9.38. The number of nitrogens with zero attached hydrogens (tertiary/aromatic N) is 2. The van der Waals surface area contributed by atoms with E-state index in [2.05, 4.69) is 23.1 Å². The second-order valence-corrected chi connectivity index (χ2v) is 9.38. The highest BCUT2D eigenvalue weighted by molar-refractivity contribution is 5.68. The number of likely N-dealkylation sites (tertiary alicyclic amines) is 1. The van der Waals surface area contributed by atoms with Crippen molar-refractivity contribution < 1.29 is 19.0 Å². The molecule has 0 spiro atoms. The Morgan fingerprint density at radius 3 is 2.47 bits per heavy atom. The van der Waals surface area contributed by atoms with Crippen molar-refractivity contribution in [3.63, 3.8) is 0 Å². The summed E-state index contributed by atoms with van der Waals surface area (Å²) in [6.07, 6.45) is 3.88. The van der Waals surface area contributed by atoms with Gasteiger partial charge in [0.25, 0.3) is 0 Å². The van der Waals surface area contributed by atoms with Crippen LogP contribution in [0.5, 0.6) is 5.75 Å². The summed E-state index contributed by atoms with van der Waals surface area (Å²) in [5.41, 5.74) is 2.14. The van der Waals surface area contributed by atoms with Crippen LogP contribution in [0.1, 0.15) is 57.1 Å². The number of benzene rings is 1. The van der Waals surface area contributed by atoms with Crippen LogP contribution >= 0.6 is 0 Å². The van der Waals surface area contributed by atoms with Gasteiger partial charge in [0.2, 0.25) is 0 Å². The Labute approximate surface area is 181 Å². The van der Waals surface area contributed by atoms with E-state index in [1.807, 2.05) is 25.7 Å². The number of morpholine rings is 1. The molecule has 2 aliphatic heterocycles. The molecule has 30 heavy (non-hydrogen) atoms. The largest absolute Gasteiger partial charge is 0.496 e. The van der Waals surface area contributed by atoms with Crippen LogP contribution in [0, 0.1) is 0 Å². The van der Waals surface area contributed by atoms with Gasteiger partial charge in [-0.1, -0.05) is 12.1 Å². The molecule has 1 aromatic carbocycles. The van der Waals surface area contributed by atoms with Gasteiger partial charge >= 0.3 is 6.09 Å². The predicted molar refractivity (Wildman–Crippen MR) is 118 cm³/mol. The van der Waals surface area contributed by atoms with Crippen LogP contribution < -0.4 is 4.74 Å². The molecule has 3 rings (SSSR count). The zero-order valence-corrected chi connectivity index (χ0v) is 19.1. The van der Waals surface area contributed by atoms with E-state index in [0.717, 1.165) is 77.4 Å². The second kappa shape index (κ2) is 10.5. The highest BCUT2D eigenvalue weighted by Gasteiger charge is 2.28. The van der Waals surface area contributed by atoms with E-state index < -0.39 is 5.60 Å². The number of methoxy groups -OCH3 is 1. The topological polar surface area (TPSA) is 51.2 Å². The molecule has 0 aromatic heterocycles. The molecule has 0 aliphatic carbocycles. The number of carbonyl (C=O) groups excluding carboxylic acids is 1. The first-order valence-corrected chi connectivity index (χ1v) is 11.3. The SMILES string of the molecule is COc1cc(CCCN2CCOCC2)ccc1C1CCN(C(=O)OC(C)(C)C)CC1. The van der Waals surface area contributed by atoms with E-state index in [0.29, 0.717) is 5.92 Å². The number of hydrogen-bond donors (Lipinski definition) is 0. The van der Waals surface area contributed by atoms with Gasteiger partial charge in [0.15, 0.2) is 0 Å². The van der Waals surface area contributed by atoms with Crippen molar-refractivity contribution in [2.75, 3.05) is 53.0 Å². The highest BCUT2D eigenvalue weighted by Crippen LogP contribution is 2.35. The van der Waals surface area contributed by atoms with Crippen molar-refractivity contribution in [3.05, 3.63) is 29.3 Å². The van der Waals surface area contributed by atoms with Crippen molar-refractivity contribution in [2.24, 2.45) is 0 Å². The van der Waals surface area contributed by atoms with Gasteiger partial charge in [-0.05, 0) is 76.1 Å². The lowest BCUT2D eigenvalue weighted by Gasteiger charge is -2.34. The van der Waals surface area contributed by atoms with Gasteiger partial charge in [-0.3, -0.25) is 4.90 Å². The minimum atomic E-state index is -0.450. The van der Waals surface area contributed by atoms with Gasteiger partial charge in [0.1, 0.15) is 11.4 Å². The van der Waals surface area contributed by atoms with Gasteiger partial charge in [0, 0.05) is 26.2 Å². The highest BCUT2D eigenvalue weighted by atomic mass is 16.6. The summed E-state index contributed by atoms with van der Waals surface area (Å²) in [5, 5.41) is 0. The molecule has 0 N–H and O–H groups in total. The number of piperidine rings is 1. The Kier molecular flexibility index (Phi) is 8.00. The lowest BCUT2D eigenvalue weighted by Crippen LogP contribution is -2.41. The Morgan fingerprint density at radius 2 is 1.83 bits per heavy atom. The Bertz CT molecular complexity index is 687. The van der Waals surface area contributed by atoms with E-state index in [-0.39, 0.29) is 6.09 Å². The number of rotatable bonds is 6. The quantitative estimate of drug-likeness (QED) is 0.697. The van der Waals surface area contributed by atoms with E-state index >= 15 is 0 Å². The van der Waals surface area contributed by atoms with Crippen LogP contribution in [0.25, 0.3) is 0 Å². The van der Waals surface area contributed by atoms with Crippen molar-refractivity contribution in [3.8, 4) is 5.75 Å². The Hall–Kier alpha value is -1.79. The molecule has 2 heterocycles. The third kappa shape index (κ3) is 6.61.